The van der Waals surface area contributed by atoms with E-state index < -0.39 is 0 Å². The molecule has 1 N–H and O–H groups in total. The lowest BCUT2D eigenvalue weighted by Gasteiger charge is -2.32. The van der Waals surface area contributed by atoms with Crippen molar-refractivity contribution in [1.82, 2.24) is 9.88 Å². The molecule has 0 aliphatic carbocycles. The van der Waals surface area contributed by atoms with Crippen LogP contribution in [0, 0.1) is 5.82 Å². The molecule has 1 fully saturated rings. The van der Waals surface area contributed by atoms with Gasteiger partial charge >= 0.3 is 0 Å². The van der Waals surface area contributed by atoms with E-state index in [0.717, 1.165) is 54.8 Å². The van der Waals surface area contributed by atoms with Crippen molar-refractivity contribution in [3.63, 3.8) is 0 Å². The van der Waals surface area contributed by atoms with E-state index >= 15 is 0 Å². The van der Waals surface area contributed by atoms with E-state index in [2.05, 4.69) is 28.4 Å². The molecular formula is C23H26FN3O. The van der Waals surface area contributed by atoms with Gasteiger partial charge in [0.2, 0.25) is 0 Å². The zero-order valence-corrected chi connectivity index (χ0v) is 16.2. The number of pyridine rings is 1. The second-order valence-corrected chi connectivity index (χ2v) is 7.28. The van der Waals surface area contributed by atoms with Crippen molar-refractivity contribution in [1.29, 1.82) is 0 Å². The number of aromatic nitrogens is 1. The number of nitrogens with zero attached hydrogens (tertiary/aromatic N) is 2. The summed E-state index contributed by atoms with van der Waals surface area (Å²) in [6.07, 6.45) is 2.13. The second-order valence-electron chi connectivity index (χ2n) is 7.28. The Kier molecular flexibility index (Phi) is 5.72. The van der Waals surface area contributed by atoms with Crippen molar-refractivity contribution in [2.75, 3.05) is 25.0 Å². The molecular weight excluding hydrogens is 353 g/mol. The van der Waals surface area contributed by atoms with E-state index in [0.29, 0.717) is 18.4 Å². The summed E-state index contributed by atoms with van der Waals surface area (Å²) in [5.74, 6) is 0.993. The third-order valence-electron chi connectivity index (χ3n) is 5.24. The number of hydrogen-bond acceptors (Lipinski definition) is 4. The molecule has 5 heteroatoms. The third kappa shape index (κ3) is 4.42. The van der Waals surface area contributed by atoms with Crippen LogP contribution in [-0.4, -0.2) is 35.6 Å². The molecule has 28 heavy (non-hydrogen) atoms. The molecule has 0 atom stereocenters. The fraction of sp³-hybridized carbons (Fsp3) is 0.348. The Labute approximate surface area is 165 Å². The highest BCUT2D eigenvalue weighted by Gasteiger charge is 2.20. The molecule has 0 amide bonds. The monoisotopic (exact) mass is 379 g/mol. The minimum atomic E-state index is -0.295. The van der Waals surface area contributed by atoms with Crippen molar-refractivity contribution >= 4 is 16.7 Å². The Morgan fingerprint density at radius 2 is 1.93 bits per heavy atom. The summed E-state index contributed by atoms with van der Waals surface area (Å²) in [5, 5.41) is 4.74. The Morgan fingerprint density at radius 1 is 1.11 bits per heavy atom. The number of rotatable bonds is 6. The van der Waals surface area contributed by atoms with Gasteiger partial charge in [-0.15, -0.1) is 0 Å². The van der Waals surface area contributed by atoms with E-state index in [4.69, 9.17) is 9.72 Å². The van der Waals surface area contributed by atoms with Crippen LogP contribution in [0.25, 0.3) is 10.9 Å². The van der Waals surface area contributed by atoms with Gasteiger partial charge < -0.3 is 10.1 Å². The van der Waals surface area contributed by atoms with Gasteiger partial charge in [0.05, 0.1) is 12.1 Å². The zero-order valence-electron chi connectivity index (χ0n) is 16.2. The number of piperidine rings is 1. The molecule has 4 rings (SSSR count). The van der Waals surface area contributed by atoms with Gasteiger partial charge in [0.1, 0.15) is 5.82 Å². The number of hydrogen-bond donors (Lipinski definition) is 1. The van der Waals surface area contributed by atoms with Gasteiger partial charge in [0.25, 0.3) is 0 Å². The average Bonchev–Trinajstić information content (AvgIpc) is 2.72. The van der Waals surface area contributed by atoms with Crippen molar-refractivity contribution in [2.45, 2.75) is 32.4 Å². The number of para-hydroxylation sites is 1. The summed E-state index contributed by atoms with van der Waals surface area (Å²) in [6, 6.07) is 17.9. The third-order valence-corrected chi connectivity index (χ3v) is 5.24. The largest absolute Gasteiger partial charge is 0.491 e. The van der Waals surface area contributed by atoms with Crippen LogP contribution in [0.2, 0.25) is 0 Å². The average molecular weight is 379 g/mol. The predicted octanol–water partition coefficient (Wildman–Crippen LogP) is 4.85. The summed E-state index contributed by atoms with van der Waals surface area (Å²) >= 11 is 0. The minimum absolute atomic E-state index is 0.295. The van der Waals surface area contributed by atoms with Crippen LogP contribution in [-0.2, 0) is 6.54 Å². The molecule has 2 heterocycles. The second kappa shape index (κ2) is 8.57. The van der Waals surface area contributed by atoms with E-state index in [1.807, 2.05) is 37.3 Å². The lowest BCUT2D eigenvalue weighted by Crippen LogP contribution is -2.38. The summed E-state index contributed by atoms with van der Waals surface area (Å²) in [7, 11) is 0. The molecule has 1 saturated heterocycles. The fourth-order valence-electron chi connectivity index (χ4n) is 3.76. The summed E-state index contributed by atoms with van der Waals surface area (Å²) in [5.41, 5.74) is 2.11. The molecule has 3 aromatic rings. The summed E-state index contributed by atoms with van der Waals surface area (Å²) in [4.78, 5) is 7.13. The van der Waals surface area contributed by atoms with Crippen molar-refractivity contribution in [3.05, 3.63) is 66.0 Å². The maximum atomic E-state index is 13.7. The molecule has 146 valence electrons. The van der Waals surface area contributed by atoms with Gasteiger partial charge in [-0.25, -0.2) is 9.37 Å². The van der Waals surface area contributed by atoms with E-state index in [1.165, 1.54) is 6.07 Å². The summed E-state index contributed by atoms with van der Waals surface area (Å²) in [6.45, 7) is 5.18. The number of benzene rings is 2. The fourth-order valence-corrected chi connectivity index (χ4v) is 3.76. The van der Waals surface area contributed by atoms with Crippen LogP contribution in [0.1, 0.15) is 25.3 Å². The number of fused-ring (bicyclic) bond motifs is 1. The first-order chi connectivity index (χ1) is 13.7. The van der Waals surface area contributed by atoms with Crippen LogP contribution >= 0.6 is 0 Å². The maximum Gasteiger partial charge on any atom is 0.165 e. The van der Waals surface area contributed by atoms with Crippen LogP contribution in [0.4, 0.5) is 10.2 Å². The standard InChI is InChI=1S/C23H26FN3O/c1-2-28-22-15-17(7-9-20(22)24)16-27-13-11-19(12-14-27)25-23-10-8-18-5-3-4-6-21(18)26-23/h3-10,15,19H,2,11-14,16H2,1H3,(H,25,26). The lowest BCUT2D eigenvalue weighted by molar-refractivity contribution is 0.210. The van der Waals surface area contributed by atoms with Crippen molar-refractivity contribution in [3.8, 4) is 5.75 Å². The minimum Gasteiger partial charge on any atom is -0.491 e. The topological polar surface area (TPSA) is 37.4 Å². The number of anilines is 1. The van der Waals surface area contributed by atoms with Gasteiger partial charge in [-0.1, -0.05) is 24.3 Å². The Hall–Kier alpha value is -2.66. The van der Waals surface area contributed by atoms with Crippen molar-refractivity contribution < 1.29 is 9.13 Å². The first kappa shape index (κ1) is 18.7. The quantitative estimate of drug-likeness (QED) is 0.664. The lowest BCUT2D eigenvalue weighted by atomic mass is 10.0. The molecule has 0 bridgehead atoms. The van der Waals surface area contributed by atoms with Crippen LogP contribution < -0.4 is 10.1 Å². The number of likely N-dealkylation sites (tertiary alicyclic amines) is 1. The van der Waals surface area contributed by atoms with Gasteiger partial charge in [0, 0.05) is 31.1 Å². The van der Waals surface area contributed by atoms with E-state index in [-0.39, 0.29) is 5.82 Å². The molecule has 0 spiro atoms. The molecule has 0 unspecified atom stereocenters. The Balaban J connectivity index is 1.32. The van der Waals surface area contributed by atoms with Crippen molar-refractivity contribution in [2.24, 2.45) is 0 Å². The van der Waals surface area contributed by atoms with E-state index in [9.17, 15) is 4.39 Å². The first-order valence-electron chi connectivity index (χ1n) is 9.97. The molecule has 4 nitrogen and oxygen atoms in total. The summed E-state index contributed by atoms with van der Waals surface area (Å²) < 4.78 is 19.1. The SMILES string of the molecule is CCOc1cc(CN2CCC(Nc3ccc4ccccc4n3)CC2)ccc1F. The van der Waals surface area contributed by atoms with Crippen LogP contribution in [0.15, 0.2) is 54.6 Å². The van der Waals surface area contributed by atoms with Crippen LogP contribution in [0.5, 0.6) is 5.75 Å². The Morgan fingerprint density at radius 3 is 2.75 bits per heavy atom. The van der Waals surface area contributed by atoms with Crippen LogP contribution in [0.3, 0.4) is 0 Å². The Bertz CT molecular complexity index is 938. The number of nitrogens with one attached hydrogen (secondary N) is 1. The molecule has 1 aliphatic heterocycles. The van der Waals surface area contributed by atoms with Gasteiger partial charge in [-0.2, -0.15) is 0 Å². The number of ether oxygens (including phenoxy) is 1. The molecule has 0 radical (unpaired) electrons. The highest BCUT2D eigenvalue weighted by molar-refractivity contribution is 5.80. The molecule has 2 aromatic carbocycles. The van der Waals surface area contributed by atoms with Gasteiger partial charge in [-0.05, 0) is 55.7 Å². The van der Waals surface area contributed by atoms with Gasteiger partial charge in [0.15, 0.2) is 11.6 Å². The molecule has 1 aromatic heterocycles. The molecule has 1 aliphatic rings. The smallest absolute Gasteiger partial charge is 0.165 e. The van der Waals surface area contributed by atoms with Gasteiger partial charge in [-0.3, -0.25) is 4.90 Å². The molecule has 0 saturated carbocycles. The normalized spacial score (nSPS) is 15.6. The zero-order chi connectivity index (χ0) is 19.3. The predicted molar refractivity (Wildman–Crippen MR) is 111 cm³/mol. The maximum absolute atomic E-state index is 13.7. The van der Waals surface area contributed by atoms with E-state index in [1.54, 1.807) is 0 Å². The first-order valence-corrected chi connectivity index (χ1v) is 9.97. The highest BCUT2D eigenvalue weighted by Crippen LogP contribution is 2.23. The number of halogens is 1. The highest BCUT2D eigenvalue weighted by atomic mass is 19.1.